The van der Waals surface area contributed by atoms with Crippen molar-refractivity contribution >= 4 is 11.9 Å². The van der Waals surface area contributed by atoms with Gasteiger partial charge >= 0.3 is 5.97 Å². The monoisotopic (exact) mass is 262 g/mol. The van der Waals surface area contributed by atoms with Crippen molar-refractivity contribution in [3.63, 3.8) is 0 Å². The molecule has 3 rings (SSSR count). The first-order valence-corrected chi connectivity index (χ1v) is 6.76. The SMILES string of the molecule is CC(=O)NCC1OC(=O)C2CC=C3C=CCCC3N12. The van der Waals surface area contributed by atoms with Gasteiger partial charge in [0.25, 0.3) is 0 Å². The molecule has 1 N–H and O–H groups in total. The quantitative estimate of drug-likeness (QED) is 0.745. The van der Waals surface area contributed by atoms with E-state index in [1.165, 1.54) is 12.5 Å². The fourth-order valence-corrected chi connectivity index (χ4v) is 3.13. The number of carbonyl (C=O) groups is 2. The normalized spacial score (nSPS) is 33.2. The number of fused-ring (bicyclic) bond motifs is 3. The number of nitrogens with zero attached hydrogens (tertiary/aromatic N) is 1. The summed E-state index contributed by atoms with van der Waals surface area (Å²) in [7, 11) is 0. The van der Waals surface area contributed by atoms with Gasteiger partial charge in [-0.3, -0.25) is 9.59 Å². The van der Waals surface area contributed by atoms with Crippen LogP contribution in [0, 0.1) is 0 Å². The Balaban J connectivity index is 1.81. The minimum atomic E-state index is -0.332. The summed E-state index contributed by atoms with van der Waals surface area (Å²) in [5.41, 5.74) is 1.27. The topological polar surface area (TPSA) is 58.6 Å². The highest BCUT2D eigenvalue weighted by Gasteiger charge is 2.47. The van der Waals surface area contributed by atoms with Gasteiger partial charge < -0.3 is 10.1 Å². The number of hydrogen-bond acceptors (Lipinski definition) is 4. The van der Waals surface area contributed by atoms with Crippen LogP contribution in [0.3, 0.4) is 0 Å². The summed E-state index contributed by atoms with van der Waals surface area (Å²) < 4.78 is 5.42. The van der Waals surface area contributed by atoms with Crippen molar-refractivity contribution in [2.45, 2.75) is 44.5 Å². The summed E-state index contributed by atoms with van der Waals surface area (Å²) in [5.74, 6) is -0.268. The molecule has 0 aromatic rings. The lowest BCUT2D eigenvalue weighted by atomic mass is 9.88. The number of amides is 1. The van der Waals surface area contributed by atoms with E-state index < -0.39 is 0 Å². The van der Waals surface area contributed by atoms with Crippen molar-refractivity contribution in [2.24, 2.45) is 0 Å². The van der Waals surface area contributed by atoms with Crippen molar-refractivity contribution in [3.8, 4) is 0 Å². The molecule has 2 heterocycles. The molecule has 0 radical (unpaired) electrons. The van der Waals surface area contributed by atoms with Gasteiger partial charge in [0.05, 0.1) is 6.54 Å². The lowest BCUT2D eigenvalue weighted by molar-refractivity contribution is -0.143. The lowest BCUT2D eigenvalue weighted by Gasteiger charge is -2.39. The van der Waals surface area contributed by atoms with Gasteiger partial charge in [-0.05, 0) is 24.8 Å². The van der Waals surface area contributed by atoms with Crippen molar-refractivity contribution in [2.75, 3.05) is 6.54 Å². The number of esters is 1. The Morgan fingerprint density at radius 3 is 3.16 bits per heavy atom. The predicted molar refractivity (Wildman–Crippen MR) is 69.1 cm³/mol. The van der Waals surface area contributed by atoms with Crippen LogP contribution in [0.4, 0.5) is 0 Å². The van der Waals surface area contributed by atoms with E-state index in [1.807, 2.05) is 0 Å². The first-order chi connectivity index (χ1) is 9.16. The van der Waals surface area contributed by atoms with Crippen LogP contribution in [0.5, 0.6) is 0 Å². The van der Waals surface area contributed by atoms with Crippen LogP contribution in [0.1, 0.15) is 26.2 Å². The third kappa shape index (κ3) is 2.18. The highest BCUT2D eigenvalue weighted by molar-refractivity contribution is 5.79. The summed E-state index contributed by atoms with van der Waals surface area (Å²) in [6.07, 6.45) is 8.85. The van der Waals surface area contributed by atoms with Crippen LogP contribution >= 0.6 is 0 Å². The second-order valence-electron chi connectivity index (χ2n) is 5.23. The second kappa shape index (κ2) is 4.81. The molecular weight excluding hydrogens is 244 g/mol. The molecule has 102 valence electrons. The van der Waals surface area contributed by atoms with Crippen molar-refractivity contribution in [1.82, 2.24) is 10.2 Å². The largest absolute Gasteiger partial charge is 0.443 e. The summed E-state index contributed by atoms with van der Waals surface area (Å²) >= 11 is 0. The first-order valence-electron chi connectivity index (χ1n) is 6.76. The molecule has 19 heavy (non-hydrogen) atoms. The van der Waals surface area contributed by atoms with Crippen LogP contribution < -0.4 is 5.32 Å². The smallest absolute Gasteiger partial charge is 0.325 e. The molecule has 0 bridgehead atoms. The molecule has 0 aromatic heterocycles. The zero-order valence-electron chi connectivity index (χ0n) is 11.0. The molecular formula is C14H18N2O3. The molecule has 5 heteroatoms. The number of allylic oxidation sites excluding steroid dienone is 1. The molecule has 1 saturated heterocycles. The summed E-state index contributed by atoms with van der Waals surface area (Å²) in [6.45, 7) is 1.84. The van der Waals surface area contributed by atoms with Crippen LogP contribution in [-0.4, -0.2) is 41.6 Å². The zero-order valence-corrected chi connectivity index (χ0v) is 11.0. The van der Waals surface area contributed by atoms with Crippen molar-refractivity contribution in [3.05, 3.63) is 23.8 Å². The molecule has 1 amide bonds. The molecule has 3 unspecified atom stereocenters. The van der Waals surface area contributed by atoms with Gasteiger partial charge in [0, 0.05) is 13.0 Å². The van der Waals surface area contributed by atoms with E-state index in [4.69, 9.17) is 4.74 Å². The van der Waals surface area contributed by atoms with E-state index in [-0.39, 0.29) is 30.2 Å². The van der Waals surface area contributed by atoms with E-state index in [1.54, 1.807) is 0 Å². The third-order valence-electron chi connectivity index (χ3n) is 3.98. The Bertz CT molecular complexity index is 469. The van der Waals surface area contributed by atoms with Gasteiger partial charge in [-0.25, -0.2) is 4.90 Å². The van der Waals surface area contributed by atoms with E-state index in [9.17, 15) is 9.59 Å². The number of nitrogens with one attached hydrogen (secondary N) is 1. The molecule has 0 saturated carbocycles. The minimum absolute atomic E-state index is 0.101. The maximum atomic E-state index is 11.9. The highest BCUT2D eigenvalue weighted by atomic mass is 16.6. The van der Waals surface area contributed by atoms with Crippen molar-refractivity contribution in [1.29, 1.82) is 0 Å². The molecule has 3 aliphatic rings. The van der Waals surface area contributed by atoms with E-state index in [0.717, 1.165) is 12.8 Å². The molecule has 1 aliphatic carbocycles. The summed E-state index contributed by atoms with van der Waals surface area (Å²) in [4.78, 5) is 25.1. The number of cyclic esters (lactones) is 1. The van der Waals surface area contributed by atoms with Gasteiger partial charge in [0.1, 0.15) is 6.04 Å². The second-order valence-corrected chi connectivity index (χ2v) is 5.23. The molecule has 0 spiro atoms. The number of hydrogen-bond donors (Lipinski definition) is 1. The average Bonchev–Trinajstić information content (AvgIpc) is 2.73. The Kier molecular flexibility index (Phi) is 3.14. The molecule has 2 aliphatic heterocycles. The van der Waals surface area contributed by atoms with Crippen LogP contribution in [-0.2, 0) is 14.3 Å². The molecule has 0 aromatic carbocycles. The van der Waals surface area contributed by atoms with Crippen LogP contribution in [0.15, 0.2) is 23.8 Å². The third-order valence-corrected chi connectivity index (χ3v) is 3.98. The number of rotatable bonds is 2. The van der Waals surface area contributed by atoms with Gasteiger partial charge in [-0.1, -0.05) is 18.2 Å². The van der Waals surface area contributed by atoms with Gasteiger partial charge in [0.2, 0.25) is 5.91 Å². The summed E-state index contributed by atoms with van der Waals surface area (Å²) in [5, 5.41) is 2.74. The number of ether oxygens (including phenoxy) is 1. The average molecular weight is 262 g/mol. The highest BCUT2D eigenvalue weighted by Crippen LogP contribution is 2.35. The van der Waals surface area contributed by atoms with E-state index in [0.29, 0.717) is 13.0 Å². The van der Waals surface area contributed by atoms with Gasteiger partial charge in [-0.15, -0.1) is 0 Å². The first kappa shape index (κ1) is 12.4. The van der Waals surface area contributed by atoms with E-state index >= 15 is 0 Å². The standard InChI is InChI=1S/C14H18N2O3/c1-9(17)15-8-13-16-11-5-3-2-4-10(11)6-7-12(16)14(18)19-13/h2,4,6,11-13H,3,5,7-8H2,1H3,(H,15,17). The predicted octanol–water partition coefficient (Wildman–Crippen LogP) is 0.725. The maximum Gasteiger partial charge on any atom is 0.325 e. The van der Waals surface area contributed by atoms with Gasteiger partial charge in [0.15, 0.2) is 6.23 Å². The van der Waals surface area contributed by atoms with Crippen molar-refractivity contribution < 1.29 is 14.3 Å². The Morgan fingerprint density at radius 2 is 2.37 bits per heavy atom. The molecule has 5 nitrogen and oxygen atoms in total. The van der Waals surface area contributed by atoms with E-state index in [2.05, 4.69) is 28.4 Å². The maximum absolute atomic E-state index is 11.9. The van der Waals surface area contributed by atoms with Gasteiger partial charge in [-0.2, -0.15) is 0 Å². The zero-order chi connectivity index (χ0) is 13.4. The van der Waals surface area contributed by atoms with Crippen LogP contribution in [0.2, 0.25) is 0 Å². The molecule has 1 fully saturated rings. The lowest BCUT2D eigenvalue weighted by Crippen LogP contribution is -2.51. The minimum Gasteiger partial charge on any atom is -0.443 e. The Labute approximate surface area is 112 Å². The Hall–Kier alpha value is -1.62. The Morgan fingerprint density at radius 1 is 1.53 bits per heavy atom. The van der Waals surface area contributed by atoms with Crippen LogP contribution in [0.25, 0.3) is 0 Å². The fourth-order valence-electron chi connectivity index (χ4n) is 3.13. The fraction of sp³-hybridized carbons (Fsp3) is 0.571. The number of carbonyl (C=O) groups excluding carboxylic acids is 2. The molecule has 3 atom stereocenters. The summed E-state index contributed by atoms with van der Waals surface area (Å²) in [6, 6.07) is 0.0629.